The monoisotopic (exact) mass is 511 g/mol. The number of allylic oxidation sites excluding steroid dienone is 4. The molecule has 0 unspecified atom stereocenters. The van der Waals surface area contributed by atoms with E-state index in [1.165, 1.54) is 32.7 Å². The summed E-state index contributed by atoms with van der Waals surface area (Å²) in [4.78, 5) is 0. The number of benzene rings is 3. The zero-order chi connectivity index (χ0) is 18.2. The van der Waals surface area contributed by atoms with Crippen molar-refractivity contribution in [3.05, 3.63) is 114 Å². The molecule has 0 spiro atoms. The first-order chi connectivity index (χ1) is 12.8. The van der Waals surface area contributed by atoms with E-state index in [-0.39, 0.29) is 58.4 Å². The summed E-state index contributed by atoms with van der Waals surface area (Å²) in [5, 5.41) is 5.51. The molecule has 4 aromatic carbocycles. The largest absolute Gasteiger partial charge is 2.00 e. The molecule has 0 saturated heterocycles. The van der Waals surface area contributed by atoms with E-state index in [0.29, 0.717) is 0 Å². The molecule has 0 N–H and O–H groups in total. The van der Waals surface area contributed by atoms with Gasteiger partial charge in [-0.25, -0.2) is 12.2 Å². The van der Waals surface area contributed by atoms with Crippen molar-refractivity contribution in [2.45, 2.75) is 27.7 Å². The van der Waals surface area contributed by atoms with Gasteiger partial charge in [-0.15, -0.1) is 46.2 Å². The van der Waals surface area contributed by atoms with Gasteiger partial charge in [-0.05, 0) is 13.8 Å². The minimum absolute atomic E-state index is 0. The van der Waals surface area contributed by atoms with Crippen LogP contribution in [-0.2, 0) is 26.2 Å². The number of aryl methyl sites for hydroxylation is 2. The van der Waals surface area contributed by atoms with Gasteiger partial charge in [0.05, 0.1) is 0 Å². The van der Waals surface area contributed by atoms with E-state index < -0.39 is 0 Å². The molecule has 0 saturated carbocycles. The van der Waals surface area contributed by atoms with Crippen LogP contribution in [0.5, 0.6) is 0 Å². The van der Waals surface area contributed by atoms with E-state index in [9.17, 15) is 0 Å². The molecule has 0 atom stereocenters. The summed E-state index contributed by atoms with van der Waals surface area (Å²) < 4.78 is 0. The van der Waals surface area contributed by atoms with Gasteiger partial charge >= 0.3 is 26.2 Å². The van der Waals surface area contributed by atoms with Crippen LogP contribution >= 0.6 is 0 Å². The summed E-state index contributed by atoms with van der Waals surface area (Å²) in [6, 6.07) is 27.8. The third kappa shape index (κ3) is 8.31. The predicted molar refractivity (Wildman–Crippen MR) is 120 cm³/mol. The Labute approximate surface area is 213 Å². The zero-order valence-corrected chi connectivity index (χ0v) is 20.6. The van der Waals surface area contributed by atoms with Crippen molar-refractivity contribution in [3.8, 4) is 0 Å². The molecule has 1 aliphatic carbocycles. The van der Waals surface area contributed by atoms with Crippen LogP contribution in [0.25, 0.3) is 21.5 Å². The topological polar surface area (TPSA) is 0 Å². The predicted octanol–water partition coefficient (Wildman–Crippen LogP) is 1.76. The summed E-state index contributed by atoms with van der Waals surface area (Å²) in [5.41, 5.74) is 2.78. The van der Waals surface area contributed by atoms with Crippen molar-refractivity contribution >= 4 is 21.5 Å². The number of halogens is 2. The molecule has 5 rings (SSSR count). The normalized spacial score (nSPS) is 10.2. The van der Waals surface area contributed by atoms with E-state index >= 15 is 0 Å². The van der Waals surface area contributed by atoms with E-state index in [1.807, 2.05) is 42.5 Å². The van der Waals surface area contributed by atoms with E-state index in [0.717, 1.165) is 6.42 Å². The maximum Gasteiger partial charge on any atom is 2.00 e. The van der Waals surface area contributed by atoms with Crippen molar-refractivity contribution in [1.29, 1.82) is 0 Å². The third-order valence-corrected chi connectivity index (χ3v) is 4.50. The van der Waals surface area contributed by atoms with Crippen LogP contribution in [0.1, 0.15) is 25.0 Å². The molecular weight excluding hydrogens is 486 g/mol. The number of hydrogen-bond acceptors (Lipinski definition) is 0. The fourth-order valence-electron chi connectivity index (χ4n) is 3.01. The van der Waals surface area contributed by atoms with Gasteiger partial charge in [0, 0.05) is 0 Å². The van der Waals surface area contributed by atoms with E-state index in [1.54, 1.807) is 0 Å². The first kappa shape index (κ1) is 30.7. The molecule has 4 aromatic rings. The Hall–Kier alpha value is -1.53. The second-order valence-electron chi connectivity index (χ2n) is 6.28. The molecule has 156 valence electrons. The van der Waals surface area contributed by atoms with Gasteiger partial charge in [0.15, 0.2) is 0 Å². The van der Waals surface area contributed by atoms with Crippen molar-refractivity contribution < 1.29 is 51.0 Å². The van der Waals surface area contributed by atoms with Crippen LogP contribution in [0.3, 0.4) is 0 Å². The van der Waals surface area contributed by atoms with Crippen LogP contribution in [0, 0.1) is 26.0 Å². The number of rotatable bonds is 0. The van der Waals surface area contributed by atoms with Crippen LogP contribution in [-0.4, -0.2) is 0 Å². The van der Waals surface area contributed by atoms with E-state index in [4.69, 9.17) is 0 Å². The molecular formula is C27H27Cl2Zr-3. The molecule has 0 radical (unpaired) electrons. The molecule has 0 amide bonds. The van der Waals surface area contributed by atoms with Crippen molar-refractivity contribution in [3.63, 3.8) is 0 Å². The molecule has 3 heteroatoms. The molecule has 0 nitrogen and oxygen atoms in total. The zero-order valence-electron chi connectivity index (χ0n) is 16.6. The average molecular weight is 514 g/mol. The maximum atomic E-state index is 2.99. The summed E-state index contributed by atoms with van der Waals surface area (Å²) >= 11 is 0. The summed E-state index contributed by atoms with van der Waals surface area (Å²) in [7, 11) is 0. The molecule has 1 aliphatic rings. The van der Waals surface area contributed by atoms with Crippen LogP contribution in [0.4, 0.5) is 0 Å². The van der Waals surface area contributed by atoms with Crippen molar-refractivity contribution in [1.82, 2.24) is 0 Å². The second-order valence-corrected chi connectivity index (χ2v) is 6.28. The SMILES string of the molecule is C.Cc1ccc2[cH-]c3ccccc3c2c1C.[C-]1=CC=CC1.[Cl-].[Cl-].[Zr+2].[c-]1ccccc1. The molecule has 30 heavy (non-hydrogen) atoms. The Morgan fingerprint density at radius 2 is 1.53 bits per heavy atom. The van der Waals surface area contributed by atoms with E-state index in [2.05, 4.69) is 74.5 Å². The minimum atomic E-state index is 0. The molecule has 0 fully saturated rings. The molecule has 0 heterocycles. The first-order valence-corrected chi connectivity index (χ1v) is 8.94. The Morgan fingerprint density at radius 1 is 0.833 bits per heavy atom. The van der Waals surface area contributed by atoms with Gasteiger partial charge < -0.3 is 24.8 Å². The van der Waals surface area contributed by atoms with Gasteiger partial charge in [-0.3, -0.25) is 6.08 Å². The van der Waals surface area contributed by atoms with Crippen LogP contribution in [0.15, 0.2) is 91.0 Å². The Kier molecular flexibility index (Phi) is 16.6. The Balaban J connectivity index is 0. The second kappa shape index (κ2) is 16.2. The van der Waals surface area contributed by atoms with Crippen LogP contribution < -0.4 is 24.8 Å². The number of fused-ring (bicyclic) bond motifs is 3. The number of hydrogen-bond donors (Lipinski definition) is 0. The smallest absolute Gasteiger partial charge is 1.00 e. The average Bonchev–Trinajstić information content (AvgIpc) is 3.38. The Morgan fingerprint density at radius 3 is 2.03 bits per heavy atom. The fourth-order valence-corrected chi connectivity index (χ4v) is 3.01. The molecule has 0 aromatic heterocycles. The summed E-state index contributed by atoms with van der Waals surface area (Å²) in [6.45, 7) is 4.39. The van der Waals surface area contributed by atoms with Crippen molar-refractivity contribution in [2.24, 2.45) is 0 Å². The van der Waals surface area contributed by atoms with Gasteiger partial charge in [0.1, 0.15) is 0 Å². The van der Waals surface area contributed by atoms with Gasteiger partial charge in [-0.1, -0.05) is 42.8 Å². The summed E-state index contributed by atoms with van der Waals surface area (Å²) in [6.07, 6.45) is 10.0. The quantitative estimate of drug-likeness (QED) is 0.315. The maximum absolute atomic E-state index is 2.99. The van der Waals surface area contributed by atoms with Crippen LogP contribution in [0.2, 0.25) is 0 Å². The van der Waals surface area contributed by atoms with Crippen molar-refractivity contribution in [2.75, 3.05) is 0 Å². The van der Waals surface area contributed by atoms with Gasteiger partial charge in [0.25, 0.3) is 0 Å². The fraction of sp³-hybridized carbons (Fsp3) is 0.148. The third-order valence-electron chi connectivity index (χ3n) is 4.50. The first-order valence-electron chi connectivity index (χ1n) is 8.94. The summed E-state index contributed by atoms with van der Waals surface area (Å²) in [5.74, 6) is 0. The molecule has 0 aliphatic heterocycles. The minimum Gasteiger partial charge on any atom is -1.00 e. The Bertz CT molecular complexity index is 994. The van der Waals surface area contributed by atoms with Gasteiger partial charge in [-0.2, -0.15) is 42.5 Å². The van der Waals surface area contributed by atoms with Gasteiger partial charge in [0.2, 0.25) is 0 Å². The standard InChI is InChI=1S/C15H13.C6H5.C5H5.CH4.2ClH.Zr/c1-10-7-8-13-9-12-5-3-4-6-14(12)15(13)11(10)2;1-2-4-6-5-3-1;1-2-4-5-3-1;;;;/h3-9H,1-2H3;1-5H;1-3H,4H2;1H4;2*1H;/q3*-1;;;;+2/p-2. The molecule has 0 bridgehead atoms.